The van der Waals surface area contributed by atoms with E-state index in [0.717, 1.165) is 29.4 Å². The second kappa shape index (κ2) is 6.97. The second-order valence-corrected chi connectivity index (χ2v) is 7.72. The number of fused-ring (bicyclic) bond motifs is 3. The number of rotatable bonds is 4. The maximum Gasteiger partial charge on any atom is 0.175 e. The van der Waals surface area contributed by atoms with Gasteiger partial charge in [0.25, 0.3) is 0 Å². The third kappa shape index (κ3) is 3.16. The van der Waals surface area contributed by atoms with Crippen molar-refractivity contribution in [1.82, 2.24) is 15.0 Å². The van der Waals surface area contributed by atoms with E-state index in [-0.39, 0.29) is 11.8 Å². The summed E-state index contributed by atoms with van der Waals surface area (Å²) in [6, 6.07) is 2.34. The summed E-state index contributed by atoms with van der Waals surface area (Å²) in [6.45, 7) is 3.73. The van der Waals surface area contributed by atoms with Crippen LogP contribution >= 0.6 is 23.4 Å². The summed E-state index contributed by atoms with van der Waals surface area (Å²) in [6.07, 6.45) is 5.76. The molecule has 4 rings (SSSR count). The Morgan fingerprint density at radius 3 is 3.12 bits per heavy atom. The average Bonchev–Trinajstić information content (AvgIpc) is 3.07. The molecule has 1 N–H and O–H groups in total. The van der Waals surface area contributed by atoms with E-state index in [9.17, 15) is 5.11 Å². The summed E-state index contributed by atoms with van der Waals surface area (Å²) in [4.78, 5) is 16.3. The number of aliphatic hydroxyl groups excluding tert-OH is 1. The van der Waals surface area contributed by atoms with Crippen LogP contribution in [0.1, 0.15) is 25.5 Å². The largest absolute Gasteiger partial charge is 0.486 e. The minimum atomic E-state index is -0.237. The molecule has 0 amide bonds. The Hall–Kier alpha value is -1.57. The maximum absolute atomic E-state index is 9.31. The van der Waals surface area contributed by atoms with Crippen molar-refractivity contribution in [2.24, 2.45) is 5.92 Å². The van der Waals surface area contributed by atoms with Gasteiger partial charge in [0.15, 0.2) is 16.7 Å². The van der Waals surface area contributed by atoms with Crippen molar-refractivity contribution in [2.75, 3.05) is 18.1 Å². The standard InChI is InChI=1S/C17H19ClN4O2S/c1-2-10-5-11-9-24-15-13(3-4-19-17(15)22(11)7-10)25-14-6-20-16(18)12(8-23)21-14/h3-4,6,10-11,23H,2,5,7-9H2,1H3/t10?,11-/m0/s1. The van der Waals surface area contributed by atoms with Gasteiger partial charge in [-0.2, -0.15) is 0 Å². The van der Waals surface area contributed by atoms with Crippen LogP contribution in [-0.4, -0.2) is 39.3 Å². The predicted octanol–water partition coefficient (Wildman–Crippen LogP) is 3.17. The number of hydrogen-bond acceptors (Lipinski definition) is 7. The number of aromatic nitrogens is 3. The first-order chi connectivity index (χ1) is 12.2. The third-order valence-corrected chi connectivity index (χ3v) is 6.02. The highest BCUT2D eigenvalue weighted by molar-refractivity contribution is 7.99. The average molecular weight is 379 g/mol. The Morgan fingerprint density at radius 1 is 1.44 bits per heavy atom. The zero-order valence-corrected chi connectivity index (χ0v) is 15.4. The lowest BCUT2D eigenvalue weighted by atomic mass is 10.0. The Labute approximate surface area is 155 Å². The molecule has 2 aromatic heterocycles. The lowest BCUT2D eigenvalue weighted by molar-refractivity contribution is 0.261. The van der Waals surface area contributed by atoms with E-state index in [2.05, 4.69) is 26.8 Å². The van der Waals surface area contributed by atoms with E-state index in [1.54, 1.807) is 6.20 Å². The fraction of sp³-hybridized carbons (Fsp3) is 0.471. The van der Waals surface area contributed by atoms with Gasteiger partial charge in [-0.05, 0) is 18.4 Å². The molecule has 0 saturated carbocycles. The van der Waals surface area contributed by atoms with E-state index in [1.807, 2.05) is 12.3 Å². The van der Waals surface area contributed by atoms with Gasteiger partial charge in [-0.15, -0.1) is 0 Å². The van der Waals surface area contributed by atoms with Gasteiger partial charge in [-0.3, -0.25) is 0 Å². The van der Waals surface area contributed by atoms with Gasteiger partial charge >= 0.3 is 0 Å². The summed E-state index contributed by atoms with van der Waals surface area (Å²) in [5.74, 6) is 2.43. The van der Waals surface area contributed by atoms with Crippen LogP contribution in [0.5, 0.6) is 5.75 Å². The van der Waals surface area contributed by atoms with Gasteiger partial charge in [0.1, 0.15) is 17.3 Å². The number of halogens is 1. The van der Waals surface area contributed by atoms with Crippen LogP contribution < -0.4 is 9.64 Å². The zero-order valence-electron chi connectivity index (χ0n) is 13.9. The molecule has 0 spiro atoms. The molecular formula is C17H19ClN4O2S. The Bertz CT molecular complexity index is 791. The molecule has 25 heavy (non-hydrogen) atoms. The lowest BCUT2D eigenvalue weighted by Crippen LogP contribution is -2.38. The first-order valence-electron chi connectivity index (χ1n) is 8.38. The predicted molar refractivity (Wildman–Crippen MR) is 96.4 cm³/mol. The molecule has 0 aromatic carbocycles. The van der Waals surface area contributed by atoms with Crippen LogP contribution in [0.3, 0.4) is 0 Å². The molecule has 1 fully saturated rings. The normalized spacial score (nSPS) is 21.6. The molecule has 1 saturated heterocycles. The monoisotopic (exact) mass is 378 g/mol. The van der Waals surface area contributed by atoms with Crippen molar-refractivity contribution in [3.63, 3.8) is 0 Å². The Balaban J connectivity index is 1.64. The van der Waals surface area contributed by atoms with Crippen molar-refractivity contribution < 1.29 is 9.84 Å². The van der Waals surface area contributed by atoms with Gasteiger partial charge in [-0.25, -0.2) is 15.0 Å². The van der Waals surface area contributed by atoms with Crippen LogP contribution in [0.25, 0.3) is 0 Å². The van der Waals surface area contributed by atoms with Gasteiger partial charge in [0.2, 0.25) is 0 Å². The minimum Gasteiger partial charge on any atom is -0.486 e. The molecule has 2 aliphatic rings. The number of hydrogen-bond donors (Lipinski definition) is 1. The fourth-order valence-corrected chi connectivity index (χ4v) is 4.41. The smallest absolute Gasteiger partial charge is 0.175 e. The molecule has 2 aliphatic heterocycles. The SMILES string of the molecule is CCC1C[C@H]2COc3c(Sc4cnc(Cl)c(CO)n4)ccnc3N2C1. The van der Waals surface area contributed by atoms with Crippen LogP contribution in [0, 0.1) is 5.92 Å². The van der Waals surface area contributed by atoms with Crippen LogP contribution in [0.2, 0.25) is 5.15 Å². The quantitative estimate of drug-likeness (QED) is 0.875. The molecule has 2 aromatic rings. The first kappa shape index (κ1) is 16.9. The second-order valence-electron chi connectivity index (χ2n) is 6.29. The summed E-state index contributed by atoms with van der Waals surface area (Å²) >= 11 is 7.36. The molecule has 0 radical (unpaired) electrons. The van der Waals surface area contributed by atoms with E-state index in [4.69, 9.17) is 16.3 Å². The summed E-state index contributed by atoms with van der Waals surface area (Å²) in [5.41, 5.74) is 0.376. The molecule has 0 aliphatic carbocycles. The molecular weight excluding hydrogens is 360 g/mol. The van der Waals surface area contributed by atoms with Crippen LogP contribution in [0.15, 0.2) is 28.4 Å². The van der Waals surface area contributed by atoms with Gasteiger partial charge in [0, 0.05) is 12.7 Å². The van der Waals surface area contributed by atoms with E-state index in [0.29, 0.717) is 29.3 Å². The zero-order chi connectivity index (χ0) is 17.4. The van der Waals surface area contributed by atoms with Crippen LogP contribution in [-0.2, 0) is 6.61 Å². The third-order valence-electron chi connectivity index (χ3n) is 4.76. The molecule has 2 atom stereocenters. The topological polar surface area (TPSA) is 71.4 Å². The molecule has 1 unspecified atom stereocenters. The number of anilines is 1. The maximum atomic E-state index is 9.31. The fourth-order valence-electron chi connectivity index (χ4n) is 3.40. The molecule has 6 nitrogen and oxygen atoms in total. The van der Waals surface area contributed by atoms with Gasteiger partial charge < -0.3 is 14.7 Å². The summed E-state index contributed by atoms with van der Waals surface area (Å²) in [5, 5.41) is 10.2. The van der Waals surface area contributed by atoms with Crippen molar-refractivity contribution in [2.45, 2.75) is 42.3 Å². The minimum absolute atomic E-state index is 0.227. The molecule has 8 heteroatoms. The molecule has 4 heterocycles. The Kier molecular flexibility index (Phi) is 4.71. The first-order valence-corrected chi connectivity index (χ1v) is 9.57. The van der Waals surface area contributed by atoms with Crippen molar-refractivity contribution in [3.05, 3.63) is 29.3 Å². The molecule has 0 bridgehead atoms. The molecule has 132 valence electrons. The highest BCUT2D eigenvalue weighted by Gasteiger charge is 2.38. The number of aliphatic hydroxyl groups is 1. The van der Waals surface area contributed by atoms with Gasteiger partial charge in [-0.1, -0.05) is 36.7 Å². The van der Waals surface area contributed by atoms with Crippen LogP contribution in [0.4, 0.5) is 5.82 Å². The number of nitrogens with zero attached hydrogens (tertiary/aromatic N) is 4. The highest BCUT2D eigenvalue weighted by atomic mass is 35.5. The summed E-state index contributed by atoms with van der Waals surface area (Å²) < 4.78 is 6.07. The van der Waals surface area contributed by atoms with E-state index in [1.165, 1.54) is 18.2 Å². The van der Waals surface area contributed by atoms with Crippen molar-refractivity contribution in [1.29, 1.82) is 0 Å². The highest BCUT2D eigenvalue weighted by Crippen LogP contribution is 2.45. The lowest BCUT2D eigenvalue weighted by Gasteiger charge is -2.33. The number of pyridine rings is 1. The number of ether oxygens (including phenoxy) is 1. The van der Waals surface area contributed by atoms with Gasteiger partial charge in [0.05, 0.1) is 23.7 Å². The van der Waals surface area contributed by atoms with Crippen molar-refractivity contribution in [3.8, 4) is 5.75 Å². The van der Waals surface area contributed by atoms with E-state index >= 15 is 0 Å². The summed E-state index contributed by atoms with van der Waals surface area (Å²) in [7, 11) is 0. The van der Waals surface area contributed by atoms with E-state index < -0.39 is 0 Å². The van der Waals surface area contributed by atoms with Crippen molar-refractivity contribution >= 4 is 29.2 Å². The Morgan fingerprint density at radius 2 is 2.32 bits per heavy atom.